The number of benzene rings is 2. The molecule has 1 unspecified atom stereocenters. The molecule has 7 nitrogen and oxygen atoms in total. The second-order valence-corrected chi connectivity index (χ2v) is 9.32. The van der Waals surface area contributed by atoms with Gasteiger partial charge in [0.05, 0.1) is 6.10 Å². The number of nitriles is 1. The number of amides is 1. The molecule has 2 aromatic carbocycles. The zero-order valence-electron chi connectivity index (χ0n) is 19.0. The van der Waals surface area contributed by atoms with Crippen LogP contribution < -0.4 is 4.90 Å². The molecule has 0 bridgehead atoms. The third kappa shape index (κ3) is 4.68. The van der Waals surface area contributed by atoms with Gasteiger partial charge in [0.1, 0.15) is 0 Å². The lowest BCUT2D eigenvalue weighted by molar-refractivity contribution is 0.0493. The van der Waals surface area contributed by atoms with Crippen LogP contribution in [0.5, 0.6) is 0 Å². The Kier molecular flexibility index (Phi) is 6.21. The van der Waals surface area contributed by atoms with Crippen molar-refractivity contribution >= 4 is 11.6 Å². The Morgan fingerprint density at radius 2 is 1.67 bits per heavy atom. The summed E-state index contributed by atoms with van der Waals surface area (Å²) in [6.07, 6.45) is 3.47. The number of anilines is 1. The number of β-amino-alcohol motifs (C(OH)–C–C–N with tert-alkyl or cyclic N) is 1. The summed E-state index contributed by atoms with van der Waals surface area (Å²) in [5.74, 6) is 0.0140. The van der Waals surface area contributed by atoms with Crippen molar-refractivity contribution in [2.24, 2.45) is 0 Å². The van der Waals surface area contributed by atoms with Crippen molar-refractivity contribution < 1.29 is 9.90 Å². The number of aliphatic hydroxyl groups excluding tert-OH is 1. The number of carbonyl (C=O) groups is 1. The molecule has 7 heteroatoms. The number of rotatable bonds is 5. The fourth-order valence-electron chi connectivity index (χ4n) is 5.28. The number of hydrogen-bond donors (Lipinski definition) is 1. The lowest BCUT2D eigenvalue weighted by atomic mass is 9.97. The van der Waals surface area contributed by atoms with Crippen LogP contribution in [0.2, 0.25) is 0 Å². The standard InChI is InChI=1S/C26H31N5O2/c27-19-28-11-13-30(14-12-28)23-5-6-25-21(15-23)8-10-31(26(25)33)18-24(32)17-29-9-7-20-3-1-2-4-22(20)16-29/h1-6,15,24,32H,7-14,16-18H2. The van der Waals surface area contributed by atoms with Gasteiger partial charge in [-0.15, -0.1) is 0 Å². The van der Waals surface area contributed by atoms with E-state index in [4.69, 9.17) is 5.26 Å². The third-order valence-corrected chi connectivity index (χ3v) is 7.15. The minimum absolute atomic E-state index is 0.0140. The molecule has 1 saturated heterocycles. The Balaban J connectivity index is 1.18. The zero-order chi connectivity index (χ0) is 22.8. The Morgan fingerprint density at radius 1 is 0.909 bits per heavy atom. The van der Waals surface area contributed by atoms with Crippen molar-refractivity contribution in [1.82, 2.24) is 14.7 Å². The second kappa shape index (κ2) is 9.42. The van der Waals surface area contributed by atoms with E-state index in [-0.39, 0.29) is 5.91 Å². The van der Waals surface area contributed by atoms with E-state index in [1.165, 1.54) is 11.1 Å². The first-order chi connectivity index (χ1) is 16.1. The Labute approximate surface area is 195 Å². The average Bonchev–Trinajstić information content (AvgIpc) is 2.85. The van der Waals surface area contributed by atoms with E-state index in [1.807, 2.05) is 12.1 Å². The lowest BCUT2D eigenvalue weighted by Gasteiger charge is -2.35. The van der Waals surface area contributed by atoms with Gasteiger partial charge in [0.25, 0.3) is 5.91 Å². The van der Waals surface area contributed by atoms with Crippen molar-refractivity contribution in [2.45, 2.75) is 25.5 Å². The van der Waals surface area contributed by atoms with Gasteiger partial charge >= 0.3 is 0 Å². The maximum Gasteiger partial charge on any atom is 0.254 e. The van der Waals surface area contributed by atoms with Gasteiger partial charge in [0.2, 0.25) is 0 Å². The van der Waals surface area contributed by atoms with Gasteiger partial charge in [0.15, 0.2) is 6.19 Å². The molecule has 0 aliphatic carbocycles. The quantitative estimate of drug-likeness (QED) is 0.707. The summed E-state index contributed by atoms with van der Waals surface area (Å²) in [4.78, 5) is 21.3. The van der Waals surface area contributed by atoms with Crippen molar-refractivity contribution in [2.75, 3.05) is 57.3 Å². The highest BCUT2D eigenvalue weighted by Gasteiger charge is 2.28. The molecule has 0 radical (unpaired) electrons. The molecule has 5 rings (SSSR count). The molecule has 0 saturated carbocycles. The van der Waals surface area contributed by atoms with E-state index in [0.29, 0.717) is 19.6 Å². The molecular weight excluding hydrogens is 414 g/mol. The zero-order valence-corrected chi connectivity index (χ0v) is 19.0. The first-order valence-corrected chi connectivity index (χ1v) is 11.9. The van der Waals surface area contributed by atoms with Crippen molar-refractivity contribution in [3.05, 3.63) is 64.7 Å². The molecule has 3 aliphatic heterocycles. The van der Waals surface area contributed by atoms with Gasteiger partial charge in [0, 0.05) is 70.2 Å². The van der Waals surface area contributed by atoms with Crippen LogP contribution in [-0.4, -0.2) is 84.2 Å². The van der Waals surface area contributed by atoms with Crippen molar-refractivity contribution in [3.8, 4) is 6.19 Å². The van der Waals surface area contributed by atoms with Crippen molar-refractivity contribution in [1.29, 1.82) is 5.26 Å². The average molecular weight is 446 g/mol. The molecule has 2 aromatic rings. The highest BCUT2D eigenvalue weighted by molar-refractivity contribution is 5.97. The fourth-order valence-corrected chi connectivity index (χ4v) is 5.28. The Bertz CT molecular complexity index is 1060. The minimum Gasteiger partial charge on any atom is -0.390 e. The highest BCUT2D eigenvalue weighted by Crippen LogP contribution is 2.26. The topological polar surface area (TPSA) is 74.1 Å². The summed E-state index contributed by atoms with van der Waals surface area (Å²) in [5.41, 5.74) is 5.69. The lowest BCUT2D eigenvalue weighted by Crippen LogP contribution is -2.46. The van der Waals surface area contributed by atoms with Gasteiger partial charge in [-0.25, -0.2) is 0 Å². The van der Waals surface area contributed by atoms with Gasteiger partial charge in [-0.05, 0) is 47.7 Å². The number of piperazine rings is 1. The Morgan fingerprint density at radius 3 is 2.45 bits per heavy atom. The molecule has 3 heterocycles. The molecule has 1 fully saturated rings. The summed E-state index contributed by atoms with van der Waals surface area (Å²) in [6.45, 7) is 6.50. The smallest absolute Gasteiger partial charge is 0.254 e. The first kappa shape index (κ1) is 21.7. The molecule has 0 spiro atoms. The molecule has 1 atom stereocenters. The number of nitrogens with zero attached hydrogens (tertiary/aromatic N) is 5. The molecule has 0 aromatic heterocycles. The minimum atomic E-state index is -0.559. The SMILES string of the molecule is N#CN1CCN(c2ccc3c(c2)CCN(CC(O)CN2CCc4ccccc4C2)C3=O)CC1. The van der Waals surface area contributed by atoms with E-state index in [1.54, 1.807) is 9.80 Å². The normalized spacial score (nSPS) is 19.6. The van der Waals surface area contributed by atoms with Crippen LogP contribution in [-0.2, 0) is 19.4 Å². The monoisotopic (exact) mass is 445 g/mol. The summed E-state index contributed by atoms with van der Waals surface area (Å²) < 4.78 is 0. The van der Waals surface area contributed by atoms with Crippen LogP contribution in [0.4, 0.5) is 5.69 Å². The molecule has 172 valence electrons. The van der Waals surface area contributed by atoms with Crippen LogP contribution in [0.3, 0.4) is 0 Å². The van der Waals surface area contributed by atoms with Crippen LogP contribution in [0.25, 0.3) is 0 Å². The predicted octanol–water partition coefficient (Wildman–Crippen LogP) is 1.71. The number of carbonyl (C=O) groups excluding carboxylic acids is 1. The molecule has 1 amide bonds. The van der Waals surface area contributed by atoms with Crippen LogP contribution in [0, 0.1) is 11.5 Å². The van der Waals surface area contributed by atoms with E-state index in [0.717, 1.165) is 68.9 Å². The van der Waals surface area contributed by atoms with Gasteiger partial charge < -0.3 is 19.8 Å². The van der Waals surface area contributed by atoms with E-state index < -0.39 is 6.10 Å². The van der Waals surface area contributed by atoms with E-state index in [2.05, 4.69) is 46.3 Å². The van der Waals surface area contributed by atoms with E-state index >= 15 is 0 Å². The largest absolute Gasteiger partial charge is 0.390 e. The maximum atomic E-state index is 13.1. The van der Waals surface area contributed by atoms with Crippen LogP contribution >= 0.6 is 0 Å². The molecule has 33 heavy (non-hydrogen) atoms. The predicted molar refractivity (Wildman–Crippen MR) is 127 cm³/mol. The Hall–Kier alpha value is -3.08. The number of aliphatic hydroxyl groups is 1. The van der Waals surface area contributed by atoms with Crippen LogP contribution in [0.1, 0.15) is 27.0 Å². The van der Waals surface area contributed by atoms with Gasteiger partial charge in [-0.2, -0.15) is 5.26 Å². The highest BCUT2D eigenvalue weighted by atomic mass is 16.3. The first-order valence-electron chi connectivity index (χ1n) is 11.9. The fraction of sp³-hybridized carbons (Fsp3) is 0.462. The molecular formula is C26H31N5O2. The summed E-state index contributed by atoms with van der Waals surface area (Å²) in [7, 11) is 0. The second-order valence-electron chi connectivity index (χ2n) is 9.32. The third-order valence-electron chi connectivity index (χ3n) is 7.15. The summed E-state index contributed by atoms with van der Waals surface area (Å²) >= 11 is 0. The summed E-state index contributed by atoms with van der Waals surface area (Å²) in [6, 6.07) is 14.6. The van der Waals surface area contributed by atoms with E-state index in [9.17, 15) is 9.90 Å². The van der Waals surface area contributed by atoms with Crippen molar-refractivity contribution in [3.63, 3.8) is 0 Å². The summed E-state index contributed by atoms with van der Waals surface area (Å²) in [5, 5.41) is 19.8. The van der Waals surface area contributed by atoms with Gasteiger partial charge in [-0.3, -0.25) is 9.69 Å². The van der Waals surface area contributed by atoms with Gasteiger partial charge in [-0.1, -0.05) is 24.3 Å². The molecule has 1 N–H and O–H groups in total. The van der Waals surface area contributed by atoms with Crippen LogP contribution in [0.15, 0.2) is 42.5 Å². The molecule has 3 aliphatic rings. The maximum absolute atomic E-state index is 13.1. The number of fused-ring (bicyclic) bond motifs is 2. The number of hydrogen-bond acceptors (Lipinski definition) is 6.